The van der Waals surface area contributed by atoms with Gasteiger partial charge in [-0.1, -0.05) is 13.8 Å². The molecular weight excluding hydrogens is 180 g/mol. The predicted molar refractivity (Wildman–Crippen MR) is 51.8 cm³/mol. The summed E-state index contributed by atoms with van der Waals surface area (Å²) in [4.78, 5) is 10.8. The lowest BCUT2D eigenvalue weighted by molar-refractivity contribution is -0.172. The third-order valence-electron chi connectivity index (χ3n) is 3.36. The van der Waals surface area contributed by atoms with Gasteiger partial charge in [0.05, 0.1) is 6.10 Å². The van der Waals surface area contributed by atoms with Crippen molar-refractivity contribution in [1.29, 1.82) is 0 Å². The molecule has 14 heavy (non-hydrogen) atoms. The summed E-state index contributed by atoms with van der Waals surface area (Å²) in [6.45, 7) is 5.19. The fourth-order valence-electron chi connectivity index (χ4n) is 2.52. The number of hydrogen-bond acceptors (Lipinski definition) is 3. The Morgan fingerprint density at radius 2 is 2.21 bits per heavy atom. The Hall–Kier alpha value is -0.570. The molecule has 0 amide bonds. The first-order valence-electron chi connectivity index (χ1n) is 5.34. The molecule has 0 aromatic heterocycles. The summed E-state index contributed by atoms with van der Waals surface area (Å²) in [5, 5.41) is 0. The van der Waals surface area contributed by atoms with E-state index in [0.29, 0.717) is 17.9 Å². The number of esters is 1. The van der Waals surface area contributed by atoms with Gasteiger partial charge in [0.15, 0.2) is 0 Å². The Morgan fingerprint density at radius 3 is 2.71 bits per heavy atom. The van der Waals surface area contributed by atoms with E-state index < -0.39 is 0 Å². The fourth-order valence-corrected chi connectivity index (χ4v) is 2.52. The number of hydrogen-bond donors (Lipinski definition) is 0. The third kappa shape index (κ3) is 2.08. The molecule has 0 N–H and O–H groups in total. The molecule has 1 aliphatic heterocycles. The van der Waals surface area contributed by atoms with Crippen molar-refractivity contribution >= 4 is 5.97 Å². The Labute approximate surface area is 84.8 Å². The second-order valence-corrected chi connectivity index (χ2v) is 5.20. The second-order valence-electron chi connectivity index (χ2n) is 5.20. The first-order valence-corrected chi connectivity index (χ1v) is 5.34. The minimum absolute atomic E-state index is 0.140. The van der Waals surface area contributed by atoms with Gasteiger partial charge in [0.25, 0.3) is 0 Å². The Morgan fingerprint density at radius 1 is 1.43 bits per heavy atom. The summed E-state index contributed by atoms with van der Waals surface area (Å²) >= 11 is 0. The highest BCUT2D eigenvalue weighted by Gasteiger charge is 2.37. The minimum Gasteiger partial charge on any atom is -0.461 e. The maximum Gasteiger partial charge on any atom is 0.332 e. The maximum absolute atomic E-state index is 10.8. The molecule has 2 unspecified atom stereocenters. The highest BCUT2D eigenvalue weighted by Crippen LogP contribution is 2.43. The van der Waals surface area contributed by atoms with Crippen molar-refractivity contribution in [1.82, 2.24) is 0 Å². The van der Waals surface area contributed by atoms with Crippen LogP contribution in [0.2, 0.25) is 0 Å². The number of rotatable bonds is 1. The Kier molecular flexibility index (Phi) is 2.52. The van der Waals surface area contributed by atoms with Crippen LogP contribution in [0.3, 0.4) is 0 Å². The van der Waals surface area contributed by atoms with Crippen LogP contribution in [0.4, 0.5) is 0 Å². The SMILES string of the molecule is CC1(C)CCC(C2COC(=O)CO2)C1. The van der Waals surface area contributed by atoms with Crippen LogP contribution in [-0.4, -0.2) is 25.3 Å². The van der Waals surface area contributed by atoms with Crippen LogP contribution < -0.4 is 0 Å². The Bertz CT molecular complexity index is 225. The van der Waals surface area contributed by atoms with Gasteiger partial charge in [-0.3, -0.25) is 0 Å². The lowest BCUT2D eigenvalue weighted by Gasteiger charge is -2.28. The molecule has 0 bridgehead atoms. The van der Waals surface area contributed by atoms with E-state index >= 15 is 0 Å². The fraction of sp³-hybridized carbons (Fsp3) is 0.909. The van der Waals surface area contributed by atoms with Crippen LogP contribution >= 0.6 is 0 Å². The molecule has 0 aromatic carbocycles. The molecular formula is C11H18O3. The first-order chi connectivity index (χ1) is 6.57. The van der Waals surface area contributed by atoms with Crippen molar-refractivity contribution in [3.63, 3.8) is 0 Å². The lowest BCUT2D eigenvalue weighted by Crippen LogP contribution is -2.37. The van der Waals surface area contributed by atoms with Gasteiger partial charge in [-0.2, -0.15) is 0 Å². The van der Waals surface area contributed by atoms with Gasteiger partial charge in [-0.25, -0.2) is 4.79 Å². The predicted octanol–water partition coefficient (Wildman–Crippen LogP) is 1.75. The molecule has 3 nitrogen and oxygen atoms in total. The van der Waals surface area contributed by atoms with Crippen LogP contribution in [0, 0.1) is 11.3 Å². The van der Waals surface area contributed by atoms with Gasteiger partial charge in [0.2, 0.25) is 0 Å². The van der Waals surface area contributed by atoms with Crippen LogP contribution in [-0.2, 0) is 14.3 Å². The van der Waals surface area contributed by atoms with Crippen LogP contribution in [0.1, 0.15) is 33.1 Å². The molecule has 2 atom stereocenters. The average molecular weight is 198 g/mol. The van der Waals surface area contributed by atoms with Crippen molar-refractivity contribution < 1.29 is 14.3 Å². The van der Waals surface area contributed by atoms with Gasteiger partial charge in [-0.05, 0) is 30.6 Å². The molecule has 1 saturated carbocycles. The van der Waals surface area contributed by atoms with E-state index in [1.165, 1.54) is 19.3 Å². The van der Waals surface area contributed by atoms with E-state index in [1.54, 1.807) is 0 Å². The number of cyclic esters (lactones) is 1. The smallest absolute Gasteiger partial charge is 0.332 e. The maximum atomic E-state index is 10.8. The molecule has 80 valence electrons. The molecule has 2 rings (SSSR count). The van der Waals surface area contributed by atoms with Gasteiger partial charge < -0.3 is 9.47 Å². The highest BCUT2D eigenvalue weighted by atomic mass is 16.6. The van der Waals surface area contributed by atoms with Crippen molar-refractivity contribution in [3.05, 3.63) is 0 Å². The van der Waals surface area contributed by atoms with E-state index in [9.17, 15) is 4.79 Å². The number of ether oxygens (including phenoxy) is 2. The zero-order valence-electron chi connectivity index (χ0n) is 8.91. The van der Waals surface area contributed by atoms with E-state index in [2.05, 4.69) is 13.8 Å². The molecule has 3 heteroatoms. The summed E-state index contributed by atoms with van der Waals surface area (Å²) in [6, 6.07) is 0. The quantitative estimate of drug-likeness (QED) is 0.602. The summed E-state index contributed by atoms with van der Waals surface area (Å²) in [7, 11) is 0. The molecule has 0 spiro atoms. The minimum atomic E-state index is -0.224. The molecule has 1 heterocycles. The molecule has 0 radical (unpaired) electrons. The van der Waals surface area contributed by atoms with Crippen molar-refractivity contribution in [2.45, 2.75) is 39.2 Å². The summed E-state index contributed by atoms with van der Waals surface area (Å²) < 4.78 is 10.5. The molecule has 2 fully saturated rings. The molecule has 2 aliphatic rings. The third-order valence-corrected chi connectivity index (χ3v) is 3.36. The normalized spacial score (nSPS) is 36.9. The summed E-state index contributed by atoms with van der Waals surface area (Å²) in [5.41, 5.74) is 0.440. The largest absolute Gasteiger partial charge is 0.461 e. The second kappa shape index (κ2) is 3.54. The molecule has 0 aromatic rings. The van der Waals surface area contributed by atoms with E-state index in [4.69, 9.17) is 9.47 Å². The van der Waals surface area contributed by atoms with E-state index in [-0.39, 0.29) is 18.7 Å². The van der Waals surface area contributed by atoms with Crippen molar-refractivity contribution in [3.8, 4) is 0 Å². The number of carbonyl (C=O) groups excluding carboxylic acids is 1. The standard InChI is InChI=1S/C11H18O3/c1-11(2)4-3-8(5-11)9-6-14-10(12)7-13-9/h8-9H,3-7H2,1-2H3. The van der Waals surface area contributed by atoms with Crippen LogP contribution in [0.25, 0.3) is 0 Å². The molecule has 1 saturated heterocycles. The Balaban J connectivity index is 1.88. The van der Waals surface area contributed by atoms with E-state index in [1.807, 2.05) is 0 Å². The number of carbonyl (C=O) groups is 1. The summed E-state index contributed by atoms with van der Waals surface area (Å²) in [6.07, 6.45) is 3.80. The monoisotopic (exact) mass is 198 g/mol. The van der Waals surface area contributed by atoms with Gasteiger partial charge in [0.1, 0.15) is 13.2 Å². The summed E-state index contributed by atoms with van der Waals surface area (Å²) in [5.74, 6) is 0.358. The highest BCUT2D eigenvalue weighted by molar-refractivity contribution is 5.71. The van der Waals surface area contributed by atoms with Crippen LogP contribution in [0.15, 0.2) is 0 Å². The first kappa shape index (κ1) is 9.97. The lowest BCUT2D eigenvalue weighted by atomic mass is 9.89. The van der Waals surface area contributed by atoms with Gasteiger partial charge in [0, 0.05) is 0 Å². The van der Waals surface area contributed by atoms with E-state index in [0.717, 1.165) is 0 Å². The van der Waals surface area contributed by atoms with Crippen molar-refractivity contribution in [2.75, 3.05) is 13.2 Å². The van der Waals surface area contributed by atoms with Crippen molar-refractivity contribution in [2.24, 2.45) is 11.3 Å². The average Bonchev–Trinajstić information content (AvgIpc) is 2.47. The molecule has 1 aliphatic carbocycles. The van der Waals surface area contributed by atoms with Gasteiger partial charge in [-0.15, -0.1) is 0 Å². The topological polar surface area (TPSA) is 35.5 Å². The van der Waals surface area contributed by atoms with Crippen LogP contribution in [0.5, 0.6) is 0 Å². The van der Waals surface area contributed by atoms with Gasteiger partial charge >= 0.3 is 5.97 Å². The zero-order chi connectivity index (χ0) is 10.2. The zero-order valence-corrected chi connectivity index (χ0v) is 8.91.